The Morgan fingerprint density at radius 1 is 1.13 bits per heavy atom. The van der Waals surface area contributed by atoms with Gasteiger partial charge in [-0.1, -0.05) is 42.5 Å². The minimum Gasteiger partial charge on any atom is -0.342 e. The Hall–Kier alpha value is -3.45. The first-order valence-electron chi connectivity index (χ1n) is 10.3. The Balaban J connectivity index is 1.18. The molecule has 0 bridgehead atoms. The lowest BCUT2D eigenvalue weighted by Crippen LogP contribution is -2.30. The van der Waals surface area contributed by atoms with E-state index in [1.807, 2.05) is 64.6 Å². The third kappa shape index (κ3) is 4.22. The maximum atomic E-state index is 12.7. The molecule has 1 saturated heterocycles. The second-order valence-corrected chi connectivity index (χ2v) is 8.64. The molecule has 1 aliphatic rings. The largest absolute Gasteiger partial charge is 0.342 e. The van der Waals surface area contributed by atoms with Crippen LogP contribution in [0.25, 0.3) is 16.2 Å². The minimum atomic E-state index is -0.317. The van der Waals surface area contributed by atoms with Gasteiger partial charge in [0.1, 0.15) is 0 Å². The Morgan fingerprint density at radius 2 is 1.94 bits per heavy atom. The summed E-state index contributed by atoms with van der Waals surface area (Å²) in [6.07, 6.45) is 5.04. The molecule has 0 aliphatic carbocycles. The van der Waals surface area contributed by atoms with Gasteiger partial charge in [-0.15, -0.1) is 11.3 Å². The van der Waals surface area contributed by atoms with Crippen LogP contribution in [-0.2, 0) is 16.0 Å². The Kier molecular flexibility index (Phi) is 5.26. The molecule has 1 unspecified atom stereocenters. The number of carbonyl (C=O) groups is 2. The van der Waals surface area contributed by atoms with Crippen LogP contribution < -0.4 is 5.32 Å². The molecule has 1 fully saturated rings. The third-order valence-corrected chi connectivity index (χ3v) is 6.41. The Bertz CT molecular complexity index is 1180. The topological polar surface area (TPSA) is 66.7 Å². The van der Waals surface area contributed by atoms with Gasteiger partial charge >= 0.3 is 0 Å². The maximum absolute atomic E-state index is 12.7. The SMILES string of the molecule is O=C(Nc1ccc(-c2cn3ccsc3n2)cc1)C1CC(=O)N(CCc2ccccc2)C1. The number of aromatic nitrogens is 2. The van der Waals surface area contributed by atoms with Crippen molar-refractivity contribution in [2.75, 3.05) is 18.4 Å². The van der Waals surface area contributed by atoms with Crippen LogP contribution in [0.1, 0.15) is 12.0 Å². The number of hydrogen-bond donors (Lipinski definition) is 1. The molecular formula is C24H22N4O2S. The second kappa shape index (κ2) is 8.35. The Morgan fingerprint density at radius 3 is 2.71 bits per heavy atom. The number of amides is 2. The molecular weight excluding hydrogens is 408 g/mol. The highest BCUT2D eigenvalue weighted by Crippen LogP contribution is 2.24. The van der Waals surface area contributed by atoms with Crippen molar-refractivity contribution in [2.24, 2.45) is 5.92 Å². The molecule has 7 heteroatoms. The van der Waals surface area contributed by atoms with Gasteiger partial charge in [0, 0.05) is 48.5 Å². The van der Waals surface area contributed by atoms with Crippen LogP contribution in [0, 0.1) is 5.92 Å². The summed E-state index contributed by atoms with van der Waals surface area (Å²) in [5, 5.41) is 4.96. The summed E-state index contributed by atoms with van der Waals surface area (Å²) in [6.45, 7) is 1.12. The van der Waals surface area contributed by atoms with Crippen molar-refractivity contribution in [3.8, 4) is 11.3 Å². The van der Waals surface area contributed by atoms with Gasteiger partial charge in [0.2, 0.25) is 11.8 Å². The zero-order valence-corrected chi connectivity index (χ0v) is 17.7. The standard InChI is InChI=1S/C24H22N4O2S/c29-22-14-19(15-27(22)11-10-17-4-2-1-3-5-17)23(30)25-20-8-6-18(7-9-20)21-16-28-12-13-31-24(28)26-21/h1-9,12-13,16,19H,10-11,14-15H2,(H,25,30). The molecule has 0 saturated carbocycles. The number of benzene rings is 2. The van der Waals surface area contributed by atoms with Crippen LogP contribution in [-0.4, -0.2) is 39.2 Å². The van der Waals surface area contributed by atoms with E-state index in [-0.39, 0.29) is 24.2 Å². The van der Waals surface area contributed by atoms with Crippen LogP contribution in [0.2, 0.25) is 0 Å². The van der Waals surface area contributed by atoms with Crippen LogP contribution in [0.5, 0.6) is 0 Å². The van der Waals surface area contributed by atoms with Gasteiger partial charge in [-0.2, -0.15) is 0 Å². The van der Waals surface area contributed by atoms with Crippen molar-refractivity contribution < 1.29 is 9.59 Å². The van der Waals surface area contributed by atoms with Gasteiger partial charge in [0.15, 0.2) is 4.96 Å². The van der Waals surface area contributed by atoms with E-state index in [2.05, 4.69) is 22.4 Å². The van der Waals surface area contributed by atoms with E-state index in [1.165, 1.54) is 5.56 Å². The number of thiazole rings is 1. The molecule has 31 heavy (non-hydrogen) atoms. The highest BCUT2D eigenvalue weighted by atomic mass is 32.1. The molecule has 2 amide bonds. The Labute approximate surface area is 184 Å². The first-order valence-corrected chi connectivity index (χ1v) is 11.2. The van der Waals surface area contributed by atoms with Crippen molar-refractivity contribution in [3.63, 3.8) is 0 Å². The van der Waals surface area contributed by atoms with Gasteiger partial charge in [-0.3, -0.25) is 14.0 Å². The lowest BCUT2D eigenvalue weighted by Gasteiger charge is -2.16. The van der Waals surface area contributed by atoms with E-state index in [4.69, 9.17) is 0 Å². The number of likely N-dealkylation sites (tertiary alicyclic amines) is 1. The van der Waals surface area contributed by atoms with E-state index < -0.39 is 0 Å². The highest BCUT2D eigenvalue weighted by molar-refractivity contribution is 7.15. The fourth-order valence-corrected chi connectivity index (χ4v) is 4.61. The van der Waals surface area contributed by atoms with Crippen LogP contribution in [0.4, 0.5) is 5.69 Å². The van der Waals surface area contributed by atoms with Crippen LogP contribution in [0.3, 0.4) is 0 Å². The predicted octanol–water partition coefficient (Wildman–Crippen LogP) is 4.09. The van der Waals surface area contributed by atoms with Gasteiger partial charge in [-0.25, -0.2) is 4.98 Å². The van der Waals surface area contributed by atoms with Crippen molar-refractivity contribution in [3.05, 3.63) is 77.9 Å². The van der Waals surface area contributed by atoms with Gasteiger partial charge < -0.3 is 10.2 Å². The van der Waals surface area contributed by atoms with E-state index in [1.54, 1.807) is 16.2 Å². The van der Waals surface area contributed by atoms with Crippen LogP contribution in [0.15, 0.2) is 72.4 Å². The number of fused-ring (bicyclic) bond motifs is 1. The molecule has 1 atom stereocenters. The fraction of sp³-hybridized carbons (Fsp3) is 0.208. The van der Waals surface area contributed by atoms with Gasteiger partial charge in [-0.05, 0) is 24.1 Å². The number of nitrogens with zero attached hydrogens (tertiary/aromatic N) is 3. The van der Waals surface area contributed by atoms with E-state index >= 15 is 0 Å². The lowest BCUT2D eigenvalue weighted by molar-refractivity contribution is -0.128. The normalized spacial score (nSPS) is 16.2. The number of rotatable bonds is 6. The van der Waals surface area contributed by atoms with Crippen molar-refractivity contribution in [1.82, 2.24) is 14.3 Å². The summed E-state index contributed by atoms with van der Waals surface area (Å²) >= 11 is 1.59. The minimum absolute atomic E-state index is 0.0474. The third-order valence-electron chi connectivity index (χ3n) is 5.64. The number of nitrogens with one attached hydrogen (secondary N) is 1. The van der Waals surface area contributed by atoms with Crippen LogP contribution >= 0.6 is 11.3 Å². The van der Waals surface area contributed by atoms with Gasteiger partial charge in [0.25, 0.3) is 0 Å². The van der Waals surface area contributed by atoms with Gasteiger partial charge in [0.05, 0.1) is 11.6 Å². The number of imidazole rings is 1. The summed E-state index contributed by atoms with van der Waals surface area (Å²) in [6, 6.07) is 17.8. The average molecular weight is 431 g/mol. The van der Waals surface area contributed by atoms with E-state index in [0.29, 0.717) is 13.1 Å². The molecule has 0 radical (unpaired) electrons. The molecule has 5 rings (SSSR count). The van der Waals surface area contributed by atoms with Crippen molar-refractivity contribution in [1.29, 1.82) is 0 Å². The molecule has 1 aliphatic heterocycles. The number of anilines is 1. The summed E-state index contributed by atoms with van der Waals surface area (Å²) in [5.74, 6) is -0.375. The molecule has 4 aromatic rings. The summed E-state index contributed by atoms with van der Waals surface area (Å²) < 4.78 is 2.00. The smallest absolute Gasteiger partial charge is 0.229 e. The summed E-state index contributed by atoms with van der Waals surface area (Å²) in [4.78, 5) is 32.4. The molecule has 1 N–H and O–H groups in total. The zero-order valence-electron chi connectivity index (χ0n) is 16.9. The fourth-order valence-electron chi connectivity index (χ4n) is 3.91. The number of hydrogen-bond acceptors (Lipinski definition) is 4. The zero-order chi connectivity index (χ0) is 21.2. The molecule has 6 nitrogen and oxygen atoms in total. The second-order valence-electron chi connectivity index (χ2n) is 7.76. The number of carbonyl (C=O) groups excluding carboxylic acids is 2. The van der Waals surface area contributed by atoms with E-state index in [9.17, 15) is 9.59 Å². The van der Waals surface area contributed by atoms with Crippen molar-refractivity contribution in [2.45, 2.75) is 12.8 Å². The molecule has 0 spiro atoms. The average Bonchev–Trinajstić information content (AvgIpc) is 3.49. The molecule has 156 valence electrons. The first kappa shape index (κ1) is 19.5. The molecule has 2 aromatic carbocycles. The maximum Gasteiger partial charge on any atom is 0.229 e. The lowest BCUT2D eigenvalue weighted by atomic mass is 10.1. The van der Waals surface area contributed by atoms with Crippen molar-refractivity contribution >= 4 is 33.8 Å². The predicted molar refractivity (Wildman–Crippen MR) is 122 cm³/mol. The molecule has 3 heterocycles. The molecule has 2 aromatic heterocycles. The summed E-state index contributed by atoms with van der Waals surface area (Å²) in [7, 11) is 0. The monoisotopic (exact) mass is 430 g/mol. The first-order chi connectivity index (χ1) is 15.2. The summed E-state index contributed by atoms with van der Waals surface area (Å²) in [5.41, 5.74) is 3.82. The quantitative estimate of drug-likeness (QED) is 0.501. The highest BCUT2D eigenvalue weighted by Gasteiger charge is 2.34. The van der Waals surface area contributed by atoms with E-state index in [0.717, 1.165) is 28.3 Å².